The van der Waals surface area contributed by atoms with Crippen LogP contribution in [0.1, 0.15) is 18.5 Å². The molecular formula is C15H17N7. The van der Waals surface area contributed by atoms with Crippen molar-refractivity contribution in [3.05, 3.63) is 36.5 Å². The molecule has 0 saturated carbocycles. The Labute approximate surface area is 129 Å². The number of nitriles is 1. The van der Waals surface area contributed by atoms with Crippen LogP contribution in [0.3, 0.4) is 0 Å². The van der Waals surface area contributed by atoms with Crippen LogP contribution in [0.4, 0.5) is 11.8 Å². The molecular weight excluding hydrogens is 278 g/mol. The smallest absolute Gasteiger partial charge is 0.226 e. The lowest BCUT2D eigenvalue weighted by molar-refractivity contribution is 0.480. The number of anilines is 2. The fourth-order valence-electron chi connectivity index (χ4n) is 2.69. The third-order valence-electron chi connectivity index (χ3n) is 3.91. The Morgan fingerprint density at radius 1 is 1.32 bits per heavy atom. The molecule has 3 rings (SSSR count). The van der Waals surface area contributed by atoms with Gasteiger partial charge in [-0.3, -0.25) is 0 Å². The monoisotopic (exact) mass is 295 g/mol. The van der Waals surface area contributed by atoms with Gasteiger partial charge in [0, 0.05) is 38.6 Å². The van der Waals surface area contributed by atoms with Crippen molar-refractivity contribution >= 4 is 11.8 Å². The zero-order valence-electron chi connectivity index (χ0n) is 12.4. The average molecular weight is 295 g/mol. The molecule has 3 heterocycles. The molecule has 0 N–H and O–H groups in total. The zero-order valence-corrected chi connectivity index (χ0v) is 12.4. The third-order valence-corrected chi connectivity index (χ3v) is 3.91. The van der Waals surface area contributed by atoms with Crippen LogP contribution in [-0.4, -0.2) is 46.1 Å². The Hall–Kier alpha value is -2.75. The molecule has 1 fully saturated rings. The molecule has 0 aromatic carbocycles. The number of hydrogen-bond donors (Lipinski definition) is 0. The normalized spacial score (nSPS) is 17.8. The summed E-state index contributed by atoms with van der Waals surface area (Å²) in [6, 6.07) is 5.92. The topological polar surface area (TPSA) is 81.8 Å². The molecule has 1 atom stereocenters. The van der Waals surface area contributed by atoms with Crippen LogP contribution in [0.15, 0.2) is 30.9 Å². The summed E-state index contributed by atoms with van der Waals surface area (Å²) in [6.07, 6.45) is 7.10. The van der Waals surface area contributed by atoms with E-state index in [2.05, 4.69) is 35.8 Å². The van der Waals surface area contributed by atoms with Crippen molar-refractivity contribution in [3.63, 3.8) is 0 Å². The summed E-state index contributed by atoms with van der Waals surface area (Å²) in [5.41, 5.74) is 0.399. The van der Waals surface area contributed by atoms with E-state index in [4.69, 9.17) is 5.26 Å². The molecule has 1 aliphatic heterocycles. The number of aromatic nitrogens is 4. The van der Waals surface area contributed by atoms with E-state index < -0.39 is 0 Å². The maximum atomic E-state index is 8.97. The molecule has 1 saturated heterocycles. The minimum Gasteiger partial charge on any atom is -0.355 e. The summed E-state index contributed by atoms with van der Waals surface area (Å²) in [5.74, 6) is 1.54. The van der Waals surface area contributed by atoms with E-state index in [1.54, 1.807) is 24.8 Å². The van der Waals surface area contributed by atoms with E-state index in [1.807, 2.05) is 13.1 Å². The molecule has 0 spiro atoms. The van der Waals surface area contributed by atoms with Crippen molar-refractivity contribution in [2.45, 2.75) is 18.9 Å². The second kappa shape index (κ2) is 6.35. The molecule has 0 aliphatic carbocycles. The van der Waals surface area contributed by atoms with E-state index in [0.717, 1.165) is 31.7 Å². The first-order valence-corrected chi connectivity index (χ1v) is 7.25. The summed E-state index contributed by atoms with van der Waals surface area (Å²) in [6.45, 7) is 1.72. The van der Waals surface area contributed by atoms with Gasteiger partial charge in [-0.15, -0.1) is 0 Å². The van der Waals surface area contributed by atoms with Crippen molar-refractivity contribution in [1.29, 1.82) is 5.26 Å². The molecule has 2 aromatic heterocycles. The quantitative estimate of drug-likeness (QED) is 0.842. The SMILES string of the molecule is CN(c1ccncn1)C1CCCN(c2nccc(C#N)n2)C1. The standard InChI is InChI=1S/C15H17N7/c1-21(14-5-6-17-11-19-14)13-3-2-8-22(10-13)15-18-7-4-12(9-16)20-15/h4-7,11,13H,2-3,8,10H2,1H3. The summed E-state index contributed by atoms with van der Waals surface area (Å²) in [4.78, 5) is 21.1. The van der Waals surface area contributed by atoms with Gasteiger partial charge in [0.05, 0.1) is 0 Å². The average Bonchev–Trinajstić information content (AvgIpc) is 2.62. The largest absolute Gasteiger partial charge is 0.355 e. The van der Waals surface area contributed by atoms with Crippen LogP contribution in [0.2, 0.25) is 0 Å². The van der Waals surface area contributed by atoms with E-state index in [-0.39, 0.29) is 0 Å². The van der Waals surface area contributed by atoms with E-state index in [1.165, 1.54) is 0 Å². The Morgan fingerprint density at radius 3 is 3.00 bits per heavy atom. The molecule has 0 bridgehead atoms. The summed E-state index contributed by atoms with van der Waals surface area (Å²) in [7, 11) is 2.04. The van der Waals surface area contributed by atoms with E-state index >= 15 is 0 Å². The molecule has 7 heteroatoms. The van der Waals surface area contributed by atoms with Crippen LogP contribution in [-0.2, 0) is 0 Å². The lowest BCUT2D eigenvalue weighted by atomic mass is 10.0. The molecule has 0 radical (unpaired) electrons. The number of nitrogens with zero attached hydrogens (tertiary/aromatic N) is 7. The van der Waals surface area contributed by atoms with Crippen molar-refractivity contribution in [2.75, 3.05) is 29.9 Å². The second-order valence-corrected chi connectivity index (χ2v) is 5.27. The molecule has 112 valence electrons. The molecule has 7 nitrogen and oxygen atoms in total. The van der Waals surface area contributed by atoms with Gasteiger partial charge in [0.25, 0.3) is 0 Å². The predicted octanol–water partition coefficient (Wildman–Crippen LogP) is 1.24. The fraction of sp³-hybridized carbons (Fsp3) is 0.400. The van der Waals surface area contributed by atoms with Gasteiger partial charge < -0.3 is 9.80 Å². The number of hydrogen-bond acceptors (Lipinski definition) is 7. The first-order chi connectivity index (χ1) is 10.8. The van der Waals surface area contributed by atoms with Crippen LogP contribution in [0, 0.1) is 11.3 Å². The van der Waals surface area contributed by atoms with Gasteiger partial charge in [-0.05, 0) is 25.0 Å². The Morgan fingerprint density at radius 2 is 2.23 bits per heavy atom. The van der Waals surface area contributed by atoms with Crippen LogP contribution >= 0.6 is 0 Å². The van der Waals surface area contributed by atoms with Gasteiger partial charge in [0.2, 0.25) is 5.95 Å². The molecule has 0 amide bonds. The number of rotatable bonds is 3. The summed E-state index contributed by atoms with van der Waals surface area (Å²) in [5, 5.41) is 8.97. The zero-order chi connectivity index (χ0) is 15.4. The maximum absolute atomic E-state index is 8.97. The van der Waals surface area contributed by atoms with Crippen LogP contribution in [0.5, 0.6) is 0 Å². The van der Waals surface area contributed by atoms with E-state index in [0.29, 0.717) is 17.7 Å². The van der Waals surface area contributed by atoms with Crippen LogP contribution in [0.25, 0.3) is 0 Å². The highest BCUT2D eigenvalue weighted by Gasteiger charge is 2.25. The molecule has 1 unspecified atom stereocenters. The van der Waals surface area contributed by atoms with Crippen molar-refractivity contribution < 1.29 is 0 Å². The molecule has 1 aliphatic rings. The lowest BCUT2D eigenvalue weighted by Crippen LogP contribution is -2.47. The summed E-state index contributed by atoms with van der Waals surface area (Å²) < 4.78 is 0. The minimum atomic E-state index is 0.331. The van der Waals surface area contributed by atoms with E-state index in [9.17, 15) is 0 Å². The first-order valence-electron chi connectivity index (χ1n) is 7.25. The molecule has 22 heavy (non-hydrogen) atoms. The molecule has 2 aromatic rings. The highest BCUT2D eigenvalue weighted by Crippen LogP contribution is 2.21. The minimum absolute atomic E-state index is 0.331. The van der Waals surface area contributed by atoms with Gasteiger partial charge in [0.1, 0.15) is 23.9 Å². The van der Waals surface area contributed by atoms with Gasteiger partial charge in [-0.25, -0.2) is 19.9 Å². The van der Waals surface area contributed by atoms with Crippen molar-refractivity contribution in [1.82, 2.24) is 19.9 Å². The Balaban J connectivity index is 1.75. The highest BCUT2D eigenvalue weighted by molar-refractivity contribution is 5.40. The van der Waals surface area contributed by atoms with Gasteiger partial charge in [-0.2, -0.15) is 5.26 Å². The fourth-order valence-corrected chi connectivity index (χ4v) is 2.69. The van der Waals surface area contributed by atoms with Gasteiger partial charge in [-0.1, -0.05) is 0 Å². The highest BCUT2D eigenvalue weighted by atomic mass is 15.3. The van der Waals surface area contributed by atoms with Crippen molar-refractivity contribution in [3.8, 4) is 6.07 Å². The summed E-state index contributed by atoms with van der Waals surface area (Å²) >= 11 is 0. The number of piperidine rings is 1. The third kappa shape index (κ3) is 2.96. The van der Waals surface area contributed by atoms with Gasteiger partial charge >= 0.3 is 0 Å². The van der Waals surface area contributed by atoms with Crippen LogP contribution < -0.4 is 9.80 Å². The predicted molar refractivity (Wildman–Crippen MR) is 82.4 cm³/mol. The first kappa shape index (κ1) is 14.2. The number of likely N-dealkylation sites (N-methyl/N-ethyl adjacent to an activating group) is 1. The Bertz CT molecular complexity index is 667. The Kier molecular flexibility index (Phi) is 4.10. The van der Waals surface area contributed by atoms with Crippen molar-refractivity contribution in [2.24, 2.45) is 0 Å². The maximum Gasteiger partial charge on any atom is 0.226 e. The lowest BCUT2D eigenvalue weighted by Gasteiger charge is -2.38. The van der Waals surface area contributed by atoms with Gasteiger partial charge in [0.15, 0.2) is 0 Å². The second-order valence-electron chi connectivity index (χ2n) is 5.27.